The fourth-order valence-corrected chi connectivity index (χ4v) is 3.02. The molecule has 7 heteroatoms. The fraction of sp³-hybridized carbons (Fsp3) is 0.389. The van der Waals surface area contributed by atoms with Crippen molar-refractivity contribution in [2.75, 3.05) is 26.2 Å². The number of hydrogen-bond acceptors (Lipinski definition) is 5. The van der Waals surface area contributed by atoms with Gasteiger partial charge in [-0.1, -0.05) is 0 Å². The molecular formula is C18H23N3O3S. The Hall–Kier alpha value is -2.41. The lowest BCUT2D eigenvalue weighted by Gasteiger charge is -2.20. The van der Waals surface area contributed by atoms with Crippen molar-refractivity contribution in [1.29, 1.82) is 0 Å². The van der Waals surface area contributed by atoms with Gasteiger partial charge in [0.2, 0.25) is 5.91 Å². The van der Waals surface area contributed by atoms with Crippen LogP contribution in [0.5, 0.6) is 5.75 Å². The molecule has 0 aliphatic carbocycles. The second-order valence-electron chi connectivity index (χ2n) is 5.47. The van der Waals surface area contributed by atoms with Gasteiger partial charge in [0.25, 0.3) is 5.91 Å². The van der Waals surface area contributed by atoms with Gasteiger partial charge in [-0.3, -0.25) is 9.59 Å². The van der Waals surface area contributed by atoms with Gasteiger partial charge >= 0.3 is 0 Å². The SMILES string of the molecule is CCNC(=O)CN(CC)C(=O)COc1ccc(-c2nc(C)cs2)cc1. The molecule has 0 aliphatic rings. The summed E-state index contributed by atoms with van der Waals surface area (Å²) >= 11 is 1.59. The van der Waals surface area contributed by atoms with E-state index in [-0.39, 0.29) is 25.0 Å². The Morgan fingerprint density at radius 3 is 2.52 bits per heavy atom. The highest BCUT2D eigenvalue weighted by atomic mass is 32.1. The molecule has 0 aliphatic heterocycles. The monoisotopic (exact) mass is 361 g/mol. The number of ether oxygens (including phenoxy) is 1. The summed E-state index contributed by atoms with van der Waals surface area (Å²) in [5.74, 6) is 0.230. The average Bonchev–Trinajstić information content (AvgIpc) is 3.04. The Morgan fingerprint density at radius 2 is 1.96 bits per heavy atom. The van der Waals surface area contributed by atoms with Gasteiger partial charge < -0.3 is 15.0 Å². The highest BCUT2D eigenvalue weighted by Crippen LogP contribution is 2.25. The van der Waals surface area contributed by atoms with Gasteiger partial charge in [-0.15, -0.1) is 11.3 Å². The predicted molar refractivity (Wildman–Crippen MR) is 98.7 cm³/mol. The van der Waals surface area contributed by atoms with Crippen LogP contribution in [0.2, 0.25) is 0 Å². The van der Waals surface area contributed by atoms with Crippen molar-refractivity contribution in [3.05, 3.63) is 35.3 Å². The first-order chi connectivity index (χ1) is 12.0. The summed E-state index contributed by atoms with van der Waals surface area (Å²) < 4.78 is 5.55. The van der Waals surface area contributed by atoms with E-state index in [4.69, 9.17) is 4.74 Å². The molecule has 0 bridgehead atoms. The summed E-state index contributed by atoms with van der Waals surface area (Å²) in [5.41, 5.74) is 2.01. The Bertz CT molecular complexity index is 713. The highest BCUT2D eigenvalue weighted by molar-refractivity contribution is 7.13. The van der Waals surface area contributed by atoms with Crippen LogP contribution in [-0.4, -0.2) is 47.9 Å². The quantitative estimate of drug-likeness (QED) is 0.784. The third kappa shape index (κ3) is 5.56. The molecule has 6 nitrogen and oxygen atoms in total. The second-order valence-corrected chi connectivity index (χ2v) is 6.33. The van der Waals surface area contributed by atoms with Gasteiger partial charge in [-0.05, 0) is 45.0 Å². The third-order valence-electron chi connectivity index (χ3n) is 3.53. The molecule has 2 aromatic rings. The number of aryl methyl sites for hydroxylation is 1. The van der Waals surface area contributed by atoms with Crippen LogP contribution in [0.4, 0.5) is 0 Å². The number of carbonyl (C=O) groups is 2. The molecule has 0 saturated heterocycles. The van der Waals surface area contributed by atoms with Crippen LogP contribution in [0.1, 0.15) is 19.5 Å². The van der Waals surface area contributed by atoms with E-state index in [0.29, 0.717) is 18.8 Å². The van der Waals surface area contributed by atoms with E-state index in [9.17, 15) is 9.59 Å². The van der Waals surface area contributed by atoms with E-state index < -0.39 is 0 Å². The van der Waals surface area contributed by atoms with Crippen molar-refractivity contribution >= 4 is 23.2 Å². The number of nitrogens with one attached hydrogen (secondary N) is 1. The molecule has 0 saturated carbocycles. The van der Waals surface area contributed by atoms with Gasteiger partial charge in [0.05, 0.1) is 6.54 Å². The minimum Gasteiger partial charge on any atom is -0.484 e. The maximum atomic E-state index is 12.2. The second kappa shape index (κ2) is 9.17. The van der Waals surface area contributed by atoms with Crippen molar-refractivity contribution in [1.82, 2.24) is 15.2 Å². The number of nitrogens with zero attached hydrogens (tertiary/aromatic N) is 2. The molecule has 0 atom stereocenters. The predicted octanol–water partition coefficient (Wildman–Crippen LogP) is 2.48. The van der Waals surface area contributed by atoms with Gasteiger partial charge in [0, 0.05) is 29.7 Å². The lowest BCUT2D eigenvalue weighted by atomic mass is 10.2. The molecule has 1 heterocycles. The number of likely N-dealkylation sites (N-methyl/N-ethyl adjacent to an activating group) is 2. The van der Waals surface area contributed by atoms with Crippen LogP contribution in [0.25, 0.3) is 10.6 Å². The summed E-state index contributed by atoms with van der Waals surface area (Å²) in [6.45, 7) is 6.60. The van der Waals surface area contributed by atoms with Gasteiger partial charge in [0.1, 0.15) is 10.8 Å². The minimum absolute atomic E-state index is 0.0505. The maximum Gasteiger partial charge on any atom is 0.260 e. The molecule has 1 N–H and O–H groups in total. The first kappa shape index (κ1) is 18.9. The highest BCUT2D eigenvalue weighted by Gasteiger charge is 2.15. The number of thiazole rings is 1. The molecule has 1 aromatic heterocycles. The standard InChI is InChI=1S/C18H23N3O3S/c1-4-19-16(22)10-21(5-2)17(23)11-24-15-8-6-14(7-9-15)18-20-13(3)12-25-18/h6-9,12H,4-5,10-11H2,1-3H3,(H,19,22). The smallest absolute Gasteiger partial charge is 0.260 e. The number of carbonyl (C=O) groups excluding carboxylic acids is 2. The van der Waals surface area contributed by atoms with E-state index >= 15 is 0 Å². The molecule has 134 valence electrons. The average molecular weight is 361 g/mol. The number of benzene rings is 1. The van der Waals surface area contributed by atoms with Crippen LogP contribution < -0.4 is 10.1 Å². The van der Waals surface area contributed by atoms with Crippen LogP contribution in [0.15, 0.2) is 29.6 Å². The van der Waals surface area contributed by atoms with Gasteiger partial charge in [0.15, 0.2) is 6.61 Å². The molecule has 1 aromatic carbocycles. The van der Waals surface area contributed by atoms with Crippen LogP contribution in [0.3, 0.4) is 0 Å². The van der Waals surface area contributed by atoms with Gasteiger partial charge in [-0.25, -0.2) is 4.98 Å². The third-order valence-corrected chi connectivity index (χ3v) is 4.53. The summed E-state index contributed by atoms with van der Waals surface area (Å²) in [6, 6.07) is 7.48. The van der Waals surface area contributed by atoms with Crippen molar-refractivity contribution in [2.45, 2.75) is 20.8 Å². The normalized spacial score (nSPS) is 10.4. The number of hydrogen-bond donors (Lipinski definition) is 1. The zero-order valence-corrected chi connectivity index (χ0v) is 15.6. The van der Waals surface area contributed by atoms with E-state index in [1.807, 2.05) is 50.4 Å². The maximum absolute atomic E-state index is 12.2. The Balaban J connectivity index is 1.89. The number of amides is 2. The van der Waals surface area contributed by atoms with Crippen LogP contribution in [-0.2, 0) is 9.59 Å². The molecule has 0 spiro atoms. The van der Waals surface area contributed by atoms with Crippen molar-refractivity contribution in [3.63, 3.8) is 0 Å². The lowest BCUT2D eigenvalue weighted by Crippen LogP contribution is -2.42. The summed E-state index contributed by atoms with van der Waals surface area (Å²) in [5, 5.41) is 5.65. The van der Waals surface area contributed by atoms with E-state index in [1.165, 1.54) is 4.90 Å². The summed E-state index contributed by atoms with van der Waals surface area (Å²) in [6.07, 6.45) is 0. The summed E-state index contributed by atoms with van der Waals surface area (Å²) in [4.78, 5) is 29.7. The molecule has 25 heavy (non-hydrogen) atoms. The Morgan fingerprint density at radius 1 is 1.24 bits per heavy atom. The lowest BCUT2D eigenvalue weighted by molar-refractivity contribution is -0.137. The molecular weight excluding hydrogens is 338 g/mol. The molecule has 0 unspecified atom stereocenters. The molecule has 0 radical (unpaired) electrons. The molecule has 0 fully saturated rings. The first-order valence-electron chi connectivity index (χ1n) is 8.23. The number of aromatic nitrogens is 1. The van der Waals surface area contributed by atoms with Crippen molar-refractivity contribution in [2.24, 2.45) is 0 Å². The zero-order chi connectivity index (χ0) is 18.2. The number of rotatable bonds is 8. The van der Waals surface area contributed by atoms with Crippen LogP contribution in [0, 0.1) is 6.92 Å². The van der Waals surface area contributed by atoms with Crippen molar-refractivity contribution in [3.8, 4) is 16.3 Å². The van der Waals surface area contributed by atoms with Crippen LogP contribution >= 0.6 is 11.3 Å². The Labute approximate surface area is 151 Å². The molecule has 2 amide bonds. The largest absolute Gasteiger partial charge is 0.484 e. The molecule has 2 rings (SSSR count). The summed E-state index contributed by atoms with van der Waals surface area (Å²) in [7, 11) is 0. The van der Waals surface area contributed by atoms with Crippen molar-refractivity contribution < 1.29 is 14.3 Å². The fourth-order valence-electron chi connectivity index (χ4n) is 2.22. The topological polar surface area (TPSA) is 71.5 Å². The Kier molecular flexibility index (Phi) is 6.94. The zero-order valence-electron chi connectivity index (χ0n) is 14.7. The van der Waals surface area contributed by atoms with Gasteiger partial charge in [-0.2, -0.15) is 0 Å². The minimum atomic E-state index is -0.214. The van der Waals surface area contributed by atoms with E-state index in [0.717, 1.165) is 16.3 Å². The first-order valence-corrected chi connectivity index (χ1v) is 9.11. The van der Waals surface area contributed by atoms with E-state index in [1.54, 1.807) is 11.3 Å². The van der Waals surface area contributed by atoms with E-state index in [2.05, 4.69) is 10.3 Å².